The molecule has 1 amide bonds. The molecule has 3 rings (SSSR count). The Balaban J connectivity index is 1.63. The maximum absolute atomic E-state index is 13.7. The third-order valence-corrected chi connectivity index (χ3v) is 4.00. The van der Waals surface area contributed by atoms with Gasteiger partial charge in [-0.2, -0.15) is 0 Å². The summed E-state index contributed by atoms with van der Waals surface area (Å²) in [5.41, 5.74) is -0.255. The third kappa shape index (κ3) is 4.00. The molecule has 0 aliphatic heterocycles. The van der Waals surface area contributed by atoms with Gasteiger partial charge in [-0.15, -0.1) is 5.10 Å². The summed E-state index contributed by atoms with van der Waals surface area (Å²) in [5, 5.41) is 8.83. The Morgan fingerprint density at radius 1 is 1.04 bits per heavy atom. The van der Waals surface area contributed by atoms with Crippen LogP contribution in [0.25, 0.3) is 11.4 Å². The van der Waals surface area contributed by atoms with Crippen molar-refractivity contribution in [2.45, 2.75) is 5.16 Å². The maximum atomic E-state index is 13.7. The molecule has 0 bridgehead atoms. The summed E-state index contributed by atoms with van der Waals surface area (Å²) in [4.78, 5) is 15.9. The first-order valence-electron chi connectivity index (χ1n) is 7.08. The number of carbonyl (C=O) groups is 1. The van der Waals surface area contributed by atoms with E-state index in [1.807, 2.05) is 0 Å². The molecular weight excluding hydrogens is 353 g/mol. The standard InChI is InChI=1S/C16H11F3N4OS/c17-10-5-2-1-4-9(10)15-21-16(23-22-15)25-8-13(24)20-14-11(18)6-3-7-12(14)19/h1-7H,8H2,(H,20,24)(H,21,22,23). The van der Waals surface area contributed by atoms with Crippen molar-refractivity contribution in [3.63, 3.8) is 0 Å². The third-order valence-electron chi connectivity index (χ3n) is 3.15. The molecule has 25 heavy (non-hydrogen) atoms. The number of benzene rings is 2. The predicted molar refractivity (Wildman–Crippen MR) is 87.5 cm³/mol. The van der Waals surface area contributed by atoms with Gasteiger partial charge in [0.15, 0.2) is 5.82 Å². The van der Waals surface area contributed by atoms with Crippen LogP contribution in [0.3, 0.4) is 0 Å². The molecule has 0 spiro atoms. The minimum atomic E-state index is -0.863. The Bertz CT molecular complexity index is 896. The lowest BCUT2D eigenvalue weighted by Crippen LogP contribution is -2.16. The SMILES string of the molecule is O=C(CSc1n[nH]c(-c2ccccc2F)n1)Nc1c(F)cccc1F. The van der Waals surface area contributed by atoms with Crippen LogP contribution in [0.5, 0.6) is 0 Å². The van der Waals surface area contributed by atoms with Gasteiger partial charge in [-0.05, 0) is 24.3 Å². The number of H-pyrrole nitrogens is 1. The van der Waals surface area contributed by atoms with Gasteiger partial charge in [0.05, 0.1) is 11.3 Å². The van der Waals surface area contributed by atoms with E-state index in [4.69, 9.17) is 0 Å². The lowest BCUT2D eigenvalue weighted by Gasteiger charge is -2.06. The normalized spacial score (nSPS) is 10.7. The second-order valence-electron chi connectivity index (χ2n) is 4.88. The topological polar surface area (TPSA) is 70.7 Å². The van der Waals surface area contributed by atoms with Gasteiger partial charge in [-0.1, -0.05) is 30.0 Å². The number of nitrogens with zero attached hydrogens (tertiary/aromatic N) is 2. The van der Waals surface area contributed by atoms with Gasteiger partial charge in [0, 0.05) is 0 Å². The second kappa shape index (κ2) is 7.39. The Morgan fingerprint density at radius 2 is 1.72 bits per heavy atom. The lowest BCUT2D eigenvalue weighted by atomic mass is 10.2. The molecule has 128 valence electrons. The summed E-state index contributed by atoms with van der Waals surface area (Å²) in [6.07, 6.45) is 0. The summed E-state index contributed by atoms with van der Waals surface area (Å²) in [5.74, 6) is -2.74. The van der Waals surface area contributed by atoms with Gasteiger partial charge in [-0.25, -0.2) is 18.2 Å². The van der Waals surface area contributed by atoms with Crippen LogP contribution in [0.4, 0.5) is 18.9 Å². The molecule has 0 saturated carbocycles. The molecule has 1 aromatic heterocycles. The largest absolute Gasteiger partial charge is 0.320 e. The van der Waals surface area contributed by atoms with Crippen LogP contribution >= 0.6 is 11.8 Å². The van der Waals surface area contributed by atoms with Crippen molar-refractivity contribution in [2.24, 2.45) is 0 Å². The van der Waals surface area contributed by atoms with Gasteiger partial charge in [0.1, 0.15) is 23.1 Å². The second-order valence-corrected chi connectivity index (χ2v) is 5.82. The fraction of sp³-hybridized carbons (Fsp3) is 0.0625. The number of hydrogen-bond acceptors (Lipinski definition) is 4. The van der Waals surface area contributed by atoms with E-state index in [-0.39, 0.29) is 22.3 Å². The van der Waals surface area contributed by atoms with Crippen molar-refractivity contribution in [1.82, 2.24) is 15.2 Å². The molecule has 3 aromatic rings. The first kappa shape index (κ1) is 17.0. The van der Waals surface area contributed by atoms with Gasteiger partial charge in [0.25, 0.3) is 0 Å². The molecule has 9 heteroatoms. The fourth-order valence-corrected chi connectivity index (χ4v) is 2.61. The number of thioether (sulfide) groups is 1. The molecule has 2 aromatic carbocycles. The number of aromatic nitrogens is 3. The van der Waals surface area contributed by atoms with E-state index in [1.165, 1.54) is 18.2 Å². The van der Waals surface area contributed by atoms with Crippen LogP contribution in [0.15, 0.2) is 47.6 Å². The zero-order valence-electron chi connectivity index (χ0n) is 12.6. The minimum absolute atomic E-state index is 0.164. The number of carbonyl (C=O) groups excluding carboxylic acids is 1. The smallest absolute Gasteiger partial charge is 0.235 e. The van der Waals surface area contributed by atoms with Crippen LogP contribution in [-0.4, -0.2) is 26.8 Å². The molecule has 0 atom stereocenters. The summed E-state index contributed by atoms with van der Waals surface area (Å²) in [7, 11) is 0. The Kier molecular flexibility index (Phi) is 5.03. The average molecular weight is 364 g/mol. The molecule has 1 heterocycles. The highest BCUT2D eigenvalue weighted by Gasteiger charge is 2.14. The molecule has 2 N–H and O–H groups in total. The van der Waals surface area contributed by atoms with Crippen molar-refractivity contribution < 1.29 is 18.0 Å². The zero-order chi connectivity index (χ0) is 17.8. The number of rotatable bonds is 5. The number of nitrogens with one attached hydrogen (secondary N) is 2. The van der Waals surface area contributed by atoms with E-state index in [0.717, 1.165) is 23.9 Å². The van der Waals surface area contributed by atoms with Crippen LogP contribution in [-0.2, 0) is 4.79 Å². The van der Waals surface area contributed by atoms with E-state index < -0.39 is 29.0 Å². The van der Waals surface area contributed by atoms with Gasteiger partial charge < -0.3 is 5.32 Å². The monoisotopic (exact) mass is 364 g/mol. The van der Waals surface area contributed by atoms with Crippen LogP contribution in [0.1, 0.15) is 0 Å². The highest BCUT2D eigenvalue weighted by atomic mass is 32.2. The Labute approximate surface area is 144 Å². The highest BCUT2D eigenvalue weighted by molar-refractivity contribution is 7.99. The molecule has 0 aliphatic rings. The number of aromatic amines is 1. The van der Waals surface area contributed by atoms with Gasteiger partial charge >= 0.3 is 0 Å². The summed E-state index contributed by atoms with van der Waals surface area (Å²) >= 11 is 0.948. The molecule has 0 saturated heterocycles. The minimum Gasteiger partial charge on any atom is -0.320 e. The first-order chi connectivity index (χ1) is 12.0. The van der Waals surface area contributed by atoms with E-state index in [0.29, 0.717) is 0 Å². The van der Waals surface area contributed by atoms with Gasteiger partial charge in [-0.3, -0.25) is 9.89 Å². The highest BCUT2D eigenvalue weighted by Crippen LogP contribution is 2.22. The summed E-state index contributed by atoms with van der Waals surface area (Å²) in [6.45, 7) is 0. The van der Waals surface area contributed by atoms with Crippen molar-refractivity contribution in [3.8, 4) is 11.4 Å². The van der Waals surface area contributed by atoms with Crippen molar-refractivity contribution in [2.75, 3.05) is 11.1 Å². The van der Waals surface area contributed by atoms with Gasteiger partial charge in [0.2, 0.25) is 11.1 Å². The predicted octanol–water partition coefficient (Wildman–Crippen LogP) is 3.62. The maximum Gasteiger partial charge on any atom is 0.235 e. The van der Waals surface area contributed by atoms with Crippen molar-refractivity contribution >= 4 is 23.4 Å². The molecule has 5 nitrogen and oxygen atoms in total. The molecule has 0 radical (unpaired) electrons. The number of amides is 1. The molecule has 0 fully saturated rings. The number of para-hydroxylation sites is 1. The lowest BCUT2D eigenvalue weighted by molar-refractivity contribution is -0.113. The van der Waals surface area contributed by atoms with Crippen molar-refractivity contribution in [1.29, 1.82) is 0 Å². The van der Waals surface area contributed by atoms with Crippen LogP contribution in [0, 0.1) is 17.5 Å². The fourth-order valence-electron chi connectivity index (χ4n) is 2.01. The number of halogens is 3. The van der Waals surface area contributed by atoms with E-state index in [9.17, 15) is 18.0 Å². The molecular formula is C16H11F3N4OS. The van der Waals surface area contributed by atoms with Crippen LogP contribution in [0.2, 0.25) is 0 Å². The average Bonchev–Trinajstić information content (AvgIpc) is 3.06. The first-order valence-corrected chi connectivity index (χ1v) is 8.07. The molecule has 0 unspecified atom stereocenters. The van der Waals surface area contributed by atoms with Crippen LogP contribution < -0.4 is 5.32 Å². The summed E-state index contributed by atoms with van der Waals surface area (Å²) in [6, 6.07) is 9.33. The van der Waals surface area contributed by atoms with E-state index in [2.05, 4.69) is 20.5 Å². The van der Waals surface area contributed by atoms with Crippen molar-refractivity contribution in [3.05, 3.63) is 59.9 Å². The quantitative estimate of drug-likeness (QED) is 0.679. The summed E-state index contributed by atoms with van der Waals surface area (Å²) < 4.78 is 40.6. The number of anilines is 1. The number of hydrogen-bond donors (Lipinski definition) is 2. The Morgan fingerprint density at radius 3 is 2.44 bits per heavy atom. The molecule has 0 aliphatic carbocycles. The zero-order valence-corrected chi connectivity index (χ0v) is 13.4. The van der Waals surface area contributed by atoms with E-state index in [1.54, 1.807) is 12.1 Å². The Hall–Kier alpha value is -2.81. The van der Waals surface area contributed by atoms with E-state index >= 15 is 0 Å².